The van der Waals surface area contributed by atoms with Gasteiger partial charge in [0.05, 0.1) is 21.5 Å². The summed E-state index contributed by atoms with van der Waals surface area (Å²) in [5, 5.41) is 0.287. The van der Waals surface area contributed by atoms with Gasteiger partial charge in [-0.25, -0.2) is 8.42 Å². The molecule has 0 aromatic heterocycles. The van der Waals surface area contributed by atoms with Crippen molar-refractivity contribution in [3.8, 4) is 0 Å². The molecule has 2 aliphatic rings. The summed E-state index contributed by atoms with van der Waals surface area (Å²) in [7, 11) is -3.67. The summed E-state index contributed by atoms with van der Waals surface area (Å²) in [6, 6.07) is 12.9. The van der Waals surface area contributed by atoms with Gasteiger partial charge in [0.25, 0.3) is 5.91 Å². The maximum Gasteiger partial charge on any atom is 0.256 e. The van der Waals surface area contributed by atoms with Crippen LogP contribution >= 0.6 is 11.6 Å². The van der Waals surface area contributed by atoms with Crippen LogP contribution in [-0.4, -0.2) is 42.7 Å². The molecular formula is C23H27ClN2O3S. The van der Waals surface area contributed by atoms with Gasteiger partial charge in [-0.2, -0.15) is 4.31 Å². The van der Waals surface area contributed by atoms with Crippen molar-refractivity contribution in [2.75, 3.05) is 13.1 Å². The van der Waals surface area contributed by atoms with Crippen molar-refractivity contribution in [3.05, 3.63) is 64.2 Å². The molecule has 7 heteroatoms. The predicted octanol–water partition coefficient (Wildman–Crippen LogP) is 4.66. The van der Waals surface area contributed by atoms with Crippen LogP contribution in [-0.2, 0) is 16.4 Å². The van der Waals surface area contributed by atoms with Crippen molar-refractivity contribution in [2.24, 2.45) is 0 Å². The quantitative estimate of drug-likeness (QED) is 0.621. The predicted molar refractivity (Wildman–Crippen MR) is 118 cm³/mol. The van der Waals surface area contributed by atoms with Gasteiger partial charge in [0, 0.05) is 19.1 Å². The number of sulfonamides is 1. The fourth-order valence-electron chi connectivity index (χ4n) is 4.42. The lowest BCUT2D eigenvalue weighted by atomic mass is 10.1. The Labute approximate surface area is 183 Å². The Bertz CT molecular complexity index is 1060. The molecule has 0 radical (unpaired) electrons. The normalized spacial score (nSPS) is 18.5. The molecule has 1 amide bonds. The van der Waals surface area contributed by atoms with Crippen molar-refractivity contribution in [1.82, 2.24) is 9.21 Å². The van der Waals surface area contributed by atoms with Crippen LogP contribution in [0, 0.1) is 0 Å². The number of hydrogen-bond donors (Lipinski definition) is 0. The van der Waals surface area contributed by atoms with Crippen LogP contribution in [0.2, 0.25) is 5.02 Å². The Morgan fingerprint density at radius 3 is 2.43 bits per heavy atom. The third-order valence-corrected chi connectivity index (χ3v) is 8.50. The molecule has 0 aliphatic heterocycles. The fraction of sp³-hybridized carbons (Fsp3) is 0.435. The van der Waals surface area contributed by atoms with E-state index < -0.39 is 10.0 Å². The lowest BCUT2D eigenvalue weighted by molar-refractivity contribution is 0.0658. The molecule has 5 nitrogen and oxygen atoms in total. The lowest BCUT2D eigenvalue weighted by Gasteiger charge is -2.30. The van der Waals surface area contributed by atoms with E-state index in [2.05, 4.69) is 12.1 Å². The molecule has 2 aromatic carbocycles. The van der Waals surface area contributed by atoms with E-state index >= 15 is 0 Å². The number of hydrogen-bond acceptors (Lipinski definition) is 3. The maximum atomic E-state index is 13.7. The topological polar surface area (TPSA) is 57.7 Å². The average molecular weight is 447 g/mol. The monoisotopic (exact) mass is 446 g/mol. The standard InChI is InChI=1S/C23H27ClN2O3S/c1-3-25(4-2)30(28,29)18-12-13-21(24)20(15-18)23(27)26(17-10-11-17)22-14-9-16-7-5-6-8-19(16)22/h5-8,12-13,15,17,22H,3-4,9-11,14H2,1-2H3. The molecular weight excluding hydrogens is 420 g/mol. The van der Waals surface area contributed by atoms with Gasteiger partial charge in [0.2, 0.25) is 10.0 Å². The highest BCUT2D eigenvalue weighted by atomic mass is 35.5. The van der Waals surface area contributed by atoms with Gasteiger partial charge >= 0.3 is 0 Å². The summed E-state index contributed by atoms with van der Waals surface area (Å²) in [4.78, 5) is 15.7. The van der Waals surface area contributed by atoms with Crippen LogP contribution in [0.25, 0.3) is 0 Å². The van der Waals surface area contributed by atoms with E-state index in [1.807, 2.05) is 17.0 Å². The Morgan fingerprint density at radius 1 is 1.07 bits per heavy atom. The van der Waals surface area contributed by atoms with Crippen LogP contribution in [0.1, 0.15) is 60.6 Å². The molecule has 1 saturated carbocycles. The third-order valence-electron chi connectivity index (χ3n) is 6.12. The molecule has 0 N–H and O–H groups in total. The molecule has 0 bridgehead atoms. The highest BCUT2D eigenvalue weighted by molar-refractivity contribution is 7.89. The van der Waals surface area contributed by atoms with Crippen LogP contribution in [0.4, 0.5) is 0 Å². The smallest absolute Gasteiger partial charge is 0.256 e. The number of benzene rings is 2. The zero-order valence-corrected chi connectivity index (χ0v) is 18.9. The van der Waals surface area contributed by atoms with Gasteiger partial charge in [-0.1, -0.05) is 49.7 Å². The maximum absolute atomic E-state index is 13.7. The highest BCUT2D eigenvalue weighted by Gasteiger charge is 2.41. The minimum atomic E-state index is -3.67. The minimum absolute atomic E-state index is 0.0142. The van der Waals surface area contributed by atoms with E-state index in [4.69, 9.17) is 11.6 Å². The Morgan fingerprint density at radius 2 is 1.77 bits per heavy atom. The number of fused-ring (bicyclic) bond motifs is 1. The molecule has 0 spiro atoms. The molecule has 2 aliphatic carbocycles. The average Bonchev–Trinajstić information content (AvgIpc) is 3.48. The molecule has 2 aromatic rings. The van der Waals surface area contributed by atoms with Crippen molar-refractivity contribution >= 4 is 27.5 Å². The molecule has 0 saturated heterocycles. The van der Waals surface area contributed by atoms with Crippen molar-refractivity contribution in [1.29, 1.82) is 0 Å². The number of amides is 1. The van der Waals surface area contributed by atoms with Crippen molar-refractivity contribution in [3.63, 3.8) is 0 Å². The summed E-state index contributed by atoms with van der Waals surface area (Å²) in [6.45, 7) is 4.35. The zero-order valence-electron chi connectivity index (χ0n) is 17.3. The van der Waals surface area contributed by atoms with Gasteiger partial charge < -0.3 is 4.90 Å². The SMILES string of the molecule is CCN(CC)S(=O)(=O)c1ccc(Cl)c(C(=O)N(C2CC2)C2CCc3ccccc32)c1. The van der Waals surface area contributed by atoms with Gasteiger partial charge in [-0.05, 0) is 55.0 Å². The summed E-state index contributed by atoms with van der Waals surface area (Å²) < 4.78 is 27.3. The first-order valence-corrected chi connectivity index (χ1v) is 12.4. The first kappa shape index (κ1) is 21.3. The Kier molecular flexibility index (Phi) is 5.93. The summed E-state index contributed by atoms with van der Waals surface area (Å²) in [6.07, 6.45) is 3.77. The zero-order chi connectivity index (χ0) is 21.5. The third kappa shape index (κ3) is 3.77. The van der Waals surface area contributed by atoms with E-state index in [1.165, 1.54) is 33.6 Å². The molecule has 30 heavy (non-hydrogen) atoms. The lowest BCUT2D eigenvalue weighted by Crippen LogP contribution is -2.36. The fourth-order valence-corrected chi connectivity index (χ4v) is 6.10. The molecule has 1 atom stereocenters. The molecule has 160 valence electrons. The first-order chi connectivity index (χ1) is 14.4. The summed E-state index contributed by atoms with van der Waals surface area (Å²) >= 11 is 6.41. The van der Waals surface area contributed by atoms with E-state index in [0.29, 0.717) is 13.1 Å². The summed E-state index contributed by atoms with van der Waals surface area (Å²) in [5.74, 6) is -0.180. The summed E-state index contributed by atoms with van der Waals surface area (Å²) in [5.41, 5.74) is 2.74. The minimum Gasteiger partial charge on any atom is -0.329 e. The highest BCUT2D eigenvalue weighted by Crippen LogP contribution is 2.43. The number of halogens is 1. The van der Waals surface area contributed by atoms with Crippen molar-refractivity contribution in [2.45, 2.75) is 56.5 Å². The number of aryl methyl sites for hydroxylation is 1. The van der Waals surface area contributed by atoms with Gasteiger partial charge in [0.15, 0.2) is 0 Å². The second-order valence-electron chi connectivity index (χ2n) is 7.93. The first-order valence-electron chi connectivity index (χ1n) is 10.6. The van der Waals surface area contributed by atoms with Crippen molar-refractivity contribution < 1.29 is 13.2 Å². The van der Waals surface area contributed by atoms with E-state index in [0.717, 1.165) is 25.7 Å². The Balaban J connectivity index is 1.72. The van der Waals surface area contributed by atoms with E-state index in [9.17, 15) is 13.2 Å². The number of carbonyl (C=O) groups excluding carboxylic acids is 1. The molecule has 1 fully saturated rings. The second kappa shape index (κ2) is 8.33. The van der Waals surface area contributed by atoms with Gasteiger partial charge in [-0.3, -0.25) is 4.79 Å². The number of nitrogens with zero attached hydrogens (tertiary/aromatic N) is 2. The van der Waals surface area contributed by atoms with Crippen LogP contribution in [0.5, 0.6) is 0 Å². The largest absolute Gasteiger partial charge is 0.329 e. The van der Waals surface area contributed by atoms with Crippen LogP contribution < -0.4 is 0 Å². The van der Waals surface area contributed by atoms with E-state index in [1.54, 1.807) is 13.8 Å². The van der Waals surface area contributed by atoms with E-state index in [-0.39, 0.29) is 33.5 Å². The molecule has 0 heterocycles. The van der Waals surface area contributed by atoms with Gasteiger partial charge in [-0.15, -0.1) is 0 Å². The van der Waals surface area contributed by atoms with Crippen LogP contribution in [0.3, 0.4) is 0 Å². The van der Waals surface area contributed by atoms with Gasteiger partial charge in [0.1, 0.15) is 0 Å². The number of carbonyl (C=O) groups is 1. The molecule has 4 rings (SSSR count). The van der Waals surface area contributed by atoms with Crippen LogP contribution in [0.15, 0.2) is 47.4 Å². The molecule has 1 unspecified atom stereocenters. The second-order valence-corrected chi connectivity index (χ2v) is 10.3. The Hall–Kier alpha value is -1.89. The number of rotatable bonds is 7.